The number of carbonyl (C=O) groups is 5. The van der Waals surface area contributed by atoms with E-state index in [4.69, 9.17) is 33.8 Å². The zero-order chi connectivity index (χ0) is 31.7. The molecule has 0 saturated heterocycles. The Hall–Kier alpha value is -4.94. The SMILES string of the molecule is NC(N)=NCCCC(N)C(=O)NC(CCC(=O)O)C(=O)NC(Cc1cnc[nH]1)C(=O)NC(CCCN=C(N)N)C(=O)O. The number of imidazole rings is 1. The Kier molecular flexibility index (Phi) is 15.4. The summed E-state index contributed by atoms with van der Waals surface area (Å²) in [4.78, 5) is 76.2. The molecule has 0 saturated carbocycles. The molecule has 16 N–H and O–H groups in total. The molecule has 19 heteroatoms. The van der Waals surface area contributed by atoms with Gasteiger partial charge >= 0.3 is 11.9 Å². The van der Waals surface area contributed by atoms with Crippen molar-refractivity contribution in [1.29, 1.82) is 0 Å². The molecule has 0 aliphatic heterocycles. The molecule has 3 amide bonds. The number of aliphatic imine (C=N–C) groups is 2. The first-order chi connectivity index (χ1) is 19.8. The predicted molar refractivity (Wildman–Crippen MR) is 150 cm³/mol. The van der Waals surface area contributed by atoms with Crippen molar-refractivity contribution < 1.29 is 34.2 Å². The lowest BCUT2D eigenvalue weighted by Crippen LogP contribution is -2.57. The number of rotatable bonds is 20. The van der Waals surface area contributed by atoms with Crippen molar-refractivity contribution in [2.45, 2.75) is 69.1 Å². The average Bonchev–Trinajstić information content (AvgIpc) is 3.42. The van der Waals surface area contributed by atoms with Gasteiger partial charge in [0.1, 0.15) is 18.1 Å². The third-order valence-corrected chi connectivity index (χ3v) is 5.76. The van der Waals surface area contributed by atoms with Crippen LogP contribution in [0.5, 0.6) is 0 Å². The van der Waals surface area contributed by atoms with Gasteiger partial charge in [0.25, 0.3) is 0 Å². The third-order valence-electron chi connectivity index (χ3n) is 5.76. The molecule has 1 heterocycles. The minimum atomic E-state index is -1.37. The lowest BCUT2D eigenvalue weighted by Gasteiger charge is -2.25. The van der Waals surface area contributed by atoms with Crippen LogP contribution in [-0.4, -0.2) is 99.0 Å². The van der Waals surface area contributed by atoms with Gasteiger partial charge < -0.3 is 59.8 Å². The standard InChI is InChI=1S/C23H40N12O7/c24-13(3-1-7-30-22(25)26)18(38)33-14(5-6-17(36)37)19(39)35-16(9-12-10-29-11-32-12)20(40)34-15(21(41)42)4-2-8-31-23(27)28/h10-11,13-16H,1-9,24H2,(H,29,32)(H,33,38)(H,34,40)(H,35,39)(H,36,37)(H,41,42)(H4,25,26,30)(H4,27,28,31). The smallest absolute Gasteiger partial charge is 0.326 e. The predicted octanol–water partition coefficient (Wildman–Crippen LogP) is -4.21. The number of carboxylic acids is 2. The van der Waals surface area contributed by atoms with Crippen molar-refractivity contribution in [1.82, 2.24) is 25.9 Å². The van der Waals surface area contributed by atoms with Crippen LogP contribution in [0.1, 0.15) is 44.2 Å². The first-order valence-electron chi connectivity index (χ1n) is 13.0. The maximum absolute atomic E-state index is 13.2. The topological polar surface area (TPSA) is 345 Å². The summed E-state index contributed by atoms with van der Waals surface area (Å²) in [6.45, 7) is 0.361. The maximum Gasteiger partial charge on any atom is 0.326 e. The highest BCUT2D eigenvalue weighted by molar-refractivity contribution is 5.94. The number of nitrogens with two attached hydrogens (primary N) is 5. The number of aromatic nitrogens is 2. The van der Waals surface area contributed by atoms with Crippen molar-refractivity contribution in [2.24, 2.45) is 38.7 Å². The van der Waals surface area contributed by atoms with Crippen molar-refractivity contribution in [3.8, 4) is 0 Å². The molecule has 0 aliphatic carbocycles. The second-order valence-corrected chi connectivity index (χ2v) is 9.24. The first-order valence-corrected chi connectivity index (χ1v) is 13.0. The highest BCUT2D eigenvalue weighted by Gasteiger charge is 2.31. The van der Waals surface area contributed by atoms with Gasteiger partial charge in [0, 0.05) is 37.8 Å². The number of carbonyl (C=O) groups excluding carboxylic acids is 3. The number of H-pyrrole nitrogens is 1. The molecule has 1 aromatic heterocycles. The van der Waals surface area contributed by atoms with Crippen LogP contribution < -0.4 is 44.6 Å². The number of nitrogens with one attached hydrogen (secondary N) is 4. The number of nitrogens with zero attached hydrogens (tertiary/aromatic N) is 3. The number of aromatic amines is 1. The Morgan fingerprint density at radius 2 is 1.36 bits per heavy atom. The number of carboxylic acid groups (broad SMARTS) is 2. The molecule has 42 heavy (non-hydrogen) atoms. The van der Waals surface area contributed by atoms with Crippen molar-refractivity contribution in [3.63, 3.8) is 0 Å². The second-order valence-electron chi connectivity index (χ2n) is 9.24. The van der Waals surface area contributed by atoms with Gasteiger partial charge in [-0.2, -0.15) is 0 Å². The van der Waals surface area contributed by atoms with Gasteiger partial charge in [0.15, 0.2) is 11.9 Å². The number of aliphatic carboxylic acids is 2. The largest absolute Gasteiger partial charge is 0.481 e. The summed E-state index contributed by atoms with van der Waals surface area (Å²) in [5.41, 5.74) is 27.4. The van der Waals surface area contributed by atoms with Gasteiger partial charge in [0.05, 0.1) is 12.4 Å². The van der Waals surface area contributed by atoms with Gasteiger partial charge in [-0.25, -0.2) is 9.78 Å². The van der Waals surface area contributed by atoms with E-state index in [1.807, 2.05) is 0 Å². The van der Waals surface area contributed by atoms with Crippen LogP contribution in [0.25, 0.3) is 0 Å². The van der Waals surface area contributed by atoms with E-state index in [2.05, 4.69) is 35.9 Å². The lowest BCUT2D eigenvalue weighted by molar-refractivity contribution is -0.142. The van der Waals surface area contributed by atoms with E-state index in [1.54, 1.807) is 0 Å². The van der Waals surface area contributed by atoms with E-state index in [9.17, 15) is 29.1 Å². The van der Waals surface area contributed by atoms with E-state index < -0.39 is 60.2 Å². The summed E-state index contributed by atoms with van der Waals surface area (Å²) >= 11 is 0. The van der Waals surface area contributed by atoms with E-state index in [-0.39, 0.29) is 57.1 Å². The molecule has 19 nitrogen and oxygen atoms in total. The van der Waals surface area contributed by atoms with Crippen molar-refractivity contribution in [2.75, 3.05) is 13.1 Å². The molecule has 0 aliphatic rings. The van der Waals surface area contributed by atoms with Gasteiger partial charge in [-0.05, 0) is 32.1 Å². The second kappa shape index (κ2) is 18.4. The molecule has 0 radical (unpaired) electrons. The van der Waals surface area contributed by atoms with Crippen LogP contribution in [0.3, 0.4) is 0 Å². The molecule has 0 fully saturated rings. The summed E-state index contributed by atoms with van der Waals surface area (Å²) in [5.74, 6) is -5.27. The fourth-order valence-corrected chi connectivity index (χ4v) is 3.60. The number of guanidine groups is 2. The third kappa shape index (κ3) is 14.4. The van der Waals surface area contributed by atoms with E-state index in [0.29, 0.717) is 12.1 Å². The minimum absolute atomic E-state index is 0.0130. The summed E-state index contributed by atoms with van der Waals surface area (Å²) < 4.78 is 0. The fourth-order valence-electron chi connectivity index (χ4n) is 3.60. The molecule has 0 aromatic carbocycles. The van der Waals surface area contributed by atoms with Crippen LogP contribution in [0.15, 0.2) is 22.5 Å². The van der Waals surface area contributed by atoms with E-state index >= 15 is 0 Å². The van der Waals surface area contributed by atoms with Crippen LogP contribution in [0.2, 0.25) is 0 Å². The van der Waals surface area contributed by atoms with Crippen LogP contribution in [-0.2, 0) is 30.4 Å². The van der Waals surface area contributed by atoms with Crippen molar-refractivity contribution >= 4 is 41.6 Å². The Morgan fingerprint density at radius 1 is 0.810 bits per heavy atom. The van der Waals surface area contributed by atoms with E-state index in [0.717, 1.165) is 0 Å². The molecule has 4 atom stereocenters. The normalized spacial score (nSPS) is 13.5. The summed E-state index contributed by atoms with van der Waals surface area (Å²) in [6.07, 6.45) is 2.59. The highest BCUT2D eigenvalue weighted by atomic mass is 16.4. The Labute approximate surface area is 241 Å². The molecule has 0 spiro atoms. The summed E-state index contributed by atoms with van der Waals surface area (Å²) in [5, 5.41) is 26.0. The molecule has 1 rings (SSSR count). The summed E-state index contributed by atoms with van der Waals surface area (Å²) in [7, 11) is 0. The van der Waals surface area contributed by atoms with Crippen molar-refractivity contribution in [3.05, 3.63) is 18.2 Å². The maximum atomic E-state index is 13.2. The van der Waals surface area contributed by atoms with Crippen LogP contribution in [0.4, 0.5) is 0 Å². The zero-order valence-corrected chi connectivity index (χ0v) is 23.0. The van der Waals surface area contributed by atoms with Gasteiger partial charge in [-0.15, -0.1) is 0 Å². The average molecular weight is 597 g/mol. The number of amides is 3. The van der Waals surface area contributed by atoms with E-state index in [1.165, 1.54) is 12.5 Å². The monoisotopic (exact) mass is 596 g/mol. The zero-order valence-electron chi connectivity index (χ0n) is 23.0. The minimum Gasteiger partial charge on any atom is -0.481 e. The van der Waals surface area contributed by atoms with Gasteiger partial charge in [-0.3, -0.25) is 29.2 Å². The molecule has 234 valence electrons. The quantitative estimate of drug-likeness (QED) is 0.0386. The first kappa shape index (κ1) is 35.1. The Balaban J connectivity index is 3.02. The Morgan fingerprint density at radius 3 is 1.88 bits per heavy atom. The van der Waals surface area contributed by atoms with Gasteiger partial charge in [0.2, 0.25) is 17.7 Å². The summed E-state index contributed by atoms with van der Waals surface area (Å²) in [6, 6.07) is -5.08. The fraction of sp³-hybridized carbons (Fsp3) is 0.565. The Bertz CT molecular complexity index is 1100. The lowest BCUT2D eigenvalue weighted by atomic mass is 10.1. The molecule has 0 bridgehead atoms. The highest BCUT2D eigenvalue weighted by Crippen LogP contribution is 2.06. The number of hydrogen-bond acceptors (Lipinski definition) is 9. The molecular formula is C23H40N12O7. The van der Waals surface area contributed by atoms with Crippen LogP contribution >= 0.6 is 0 Å². The molecule has 4 unspecified atom stereocenters. The van der Waals surface area contributed by atoms with Gasteiger partial charge in [-0.1, -0.05) is 0 Å². The van der Waals surface area contributed by atoms with Crippen LogP contribution in [0, 0.1) is 0 Å². The number of hydrogen-bond donors (Lipinski definition) is 11. The molecular weight excluding hydrogens is 556 g/mol. The molecule has 1 aromatic rings.